The average molecular weight is 296 g/mol. The summed E-state index contributed by atoms with van der Waals surface area (Å²) >= 11 is 5.63. The van der Waals surface area contributed by atoms with Crippen LogP contribution in [0.2, 0.25) is 5.15 Å². The number of nitro groups is 2. The molecular weight excluding hydrogens is 290 g/mol. The summed E-state index contributed by atoms with van der Waals surface area (Å²) in [6, 6.07) is 7.68. The number of ether oxygens (including phenoxy) is 1. The second kappa shape index (κ2) is 5.49. The minimum Gasteiger partial charge on any atom is -0.431 e. The summed E-state index contributed by atoms with van der Waals surface area (Å²) in [4.78, 5) is 23.9. The molecule has 0 N–H and O–H groups in total. The van der Waals surface area contributed by atoms with Crippen LogP contribution in [-0.4, -0.2) is 14.8 Å². The molecule has 0 fully saturated rings. The first-order valence-corrected chi connectivity index (χ1v) is 5.58. The van der Waals surface area contributed by atoms with Gasteiger partial charge >= 0.3 is 5.69 Å². The van der Waals surface area contributed by atoms with E-state index in [1.807, 2.05) is 0 Å². The Morgan fingerprint density at radius 2 is 1.80 bits per heavy atom. The fraction of sp³-hybridized carbons (Fsp3) is 0. The lowest BCUT2D eigenvalue weighted by Gasteiger charge is -2.05. The number of benzene rings is 1. The Morgan fingerprint density at radius 1 is 1.10 bits per heavy atom. The van der Waals surface area contributed by atoms with Crippen LogP contribution in [-0.2, 0) is 0 Å². The van der Waals surface area contributed by atoms with Gasteiger partial charge in [-0.05, 0) is 6.07 Å². The molecule has 0 aliphatic heterocycles. The Labute approximate surface area is 116 Å². The summed E-state index contributed by atoms with van der Waals surface area (Å²) in [6.07, 6.45) is 0. The maximum atomic E-state index is 10.8. The van der Waals surface area contributed by atoms with E-state index in [-0.39, 0.29) is 28.2 Å². The van der Waals surface area contributed by atoms with Gasteiger partial charge in [0.25, 0.3) is 5.69 Å². The Kier molecular flexibility index (Phi) is 3.76. The lowest BCUT2D eigenvalue weighted by Crippen LogP contribution is -1.96. The van der Waals surface area contributed by atoms with Crippen molar-refractivity contribution < 1.29 is 14.6 Å². The molecule has 20 heavy (non-hydrogen) atoms. The molecule has 8 nitrogen and oxygen atoms in total. The Hall–Kier alpha value is -2.74. The Balaban J connectivity index is 2.40. The third-order valence-corrected chi connectivity index (χ3v) is 2.44. The highest BCUT2D eigenvalue weighted by atomic mass is 35.5. The molecule has 0 aliphatic rings. The second-order valence-electron chi connectivity index (χ2n) is 3.57. The van der Waals surface area contributed by atoms with Gasteiger partial charge in [0, 0.05) is 6.07 Å². The van der Waals surface area contributed by atoms with E-state index in [0.717, 1.165) is 12.1 Å². The van der Waals surface area contributed by atoms with Crippen LogP contribution in [0.3, 0.4) is 0 Å². The van der Waals surface area contributed by atoms with Crippen LogP contribution in [0.5, 0.6) is 11.6 Å². The molecule has 0 atom stereocenters. The number of hydrogen-bond acceptors (Lipinski definition) is 6. The number of hydrogen-bond donors (Lipinski definition) is 0. The minimum absolute atomic E-state index is 0.0819. The van der Waals surface area contributed by atoms with Crippen LogP contribution in [0.25, 0.3) is 0 Å². The van der Waals surface area contributed by atoms with Gasteiger partial charge < -0.3 is 4.74 Å². The van der Waals surface area contributed by atoms with Crippen LogP contribution in [0, 0.1) is 20.2 Å². The molecule has 0 aliphatic carbocycles. The standard InChI is InChI=1S/C11H6ClN3O5/c12-10-5-7(14(16)17)6-11(13-10)20-9-4-2-1-3-8(9)15(18)19/h1-6H. The van der Waals surface area contributed by atoms with Crippen molar-refractivity contribution >= 4 is 23.0 Å². The molecule has 2 aromatic rings. The van der Waals surface area contributed by atoms with E-state index in [1.54, 1.807) is 0 Å². The summed E-state index contributed by atoms with van der Waals surface area (Å²) in [7, 11) is 0. The van der Waals surface area contributed by atoms with Gasteiger partial charge in [0.05, 0.1) is 22.0 Å². The Bertz CT molecular complexity index is 692. The predicted molar refractivity (Wildman–Crippen MR) is 69.1 cm³/mol. The van der Waals surface area contributed by atoms with Gasteiger partial charge in [-0.25, -0.2) is 4.98 Å². The summed E-state index contributed by atoms with van der Waals surface area (Å²) in [6.45, 7) is 0. The quantitative estimate of drug-likeness (QED) is 0.486. The summed E-state index contributed by atoms with van der Waals surface area (Å²) < 4.78 is 5.20. The van der Waals surface area contributed by atoms with Crippen molar-refractivity contribution in [1.82, 2.24) is 4.98 Å². The number of nitrogens with zero attached hydrogens (tertiary/aromatic N) is 3. The van der Waals surface area contributed by atoms with Gasteiger partial charge in [-0.1, -0.05) is 23.7 Å². The molecule has 1 aromatic carbocycles. The van der Waals surface area contributed by atoms with E-state index in [4.69, 9.17) is 16.3 Å². The highest BCUT2D eigenvalue weighted by Crippen LogP contribution is 2.32. The number of pyridine rings is 1. The largest absolute Gasteiger partial charge is 0.431 e. The number of para-hydroxylation sites is 2. The van der Waals surface area contributed by atoms with Crippen molar-refractivity contribution in [3.63, 3.8) is 0 Å². The molecule has 1 heterocycles. The van der Waals surface area contributed by atoms with E-state index in [2.05, 4.69) is 4.98 Å². The summed E-state index contributed by atoms with van der Waals surface area (Å²) in [5.41, 5.74) is -0.601. The molecule has 102 valence electrons. The van der Waals surface area contributed by atoms with Crippen molar-refractivity contribution in [2.45, 2.75) is 0 Å². The van der Waals surface area contributed by atoms with Crippen LogP contribution in [0.4, 0.5) is 11.4 Å². The average Bonchev–Trinajstić information content (AvgIpc) is 2.38. The van der Waals surface area contributed by atoms with Gasteiger partial charge in [0.1, 0.15) is 5.15 Å². The van der Waals surface area contributed by atoms with E-state index in [9.17, 15) is 20.2 Å². The number of aromatic nitrogens is 1. The fourth-order valence-electron chi connectivity index (χ4n) is 1.42. The van der Waals surface area contributed by atoms with E-state index in [1.165, 1.54) is 24.3 Å². The minimum atomic E-state index is -0.667. The number of halogens is 1. The monoisotopic (exact) mass is 295 g/mol. The number of rotatable bonds is 4. The lowest BCUT2D eigenvalue weighted by atomic mass is 10.3. The third-order valence-electron chi connectivity index (χ3n) is 2.24. The summed E-state index contributed by atoms with van der Waals surface area (Å²) in [5.74, 6) is -0.278. The van der Waals surface area contributed by atoms with Gasteiger partial charge in [0.15, 0.2) is 0 Å². The first-order chi connectivity index (χ1) is 9.47. The van der Waals surface area contributed by atoms with Crippen molar-refractivity contribution in [3.8, 4) is 11.6 Å². The zero-order valence-corrected chi connectivity index (χ0v) is 10.5. The lowest BCUT2D eigenvalue weighted by molar-refractivity contribution is -0.386. The maximum absolute atomic E-state index is 10.8. The van der Waals surface area contributed by atoms with Crippen molar-refractivity contribution in [3.05, 3.63) is 61.8 Å². The molecule has 0 bridgehead atoms. The molecule has 2 rings (SSSR count). The first kappa shape index (κ1) is 13.7. The van der Waals surface area contributed by atoms with Crippen LogP contribution < -0.4 is 4.74 Å². The topological polar surface area (TPSA) is 108 Å². The maximum Gasteiger partial charge on any atom is 0.311 e. The van der Waals surface area contributed by atoms with E-state index in [0.29, 0.717) is 0 Å². The van der Waals surface area contributed by atoms with Gasteiger partial charge in [0.2, 0.25) is 11.6 Å². The van der Waals surface area contributed by atoms with Gasteiger partial charge in [-0.15, -0.1) is 0 Å². The molecule has 0 saturated heterocycles. The highest BCUT2D eigenvalue weighted by molar-refractivity contribution is 6.29. The first-order valence-electron chi connectivity index (χ1n) is 5.20. The van der Waals surface area contributed by atoms with Crippen LogP contribution in [0.1, 0.15) is 0 Å². The fourth-order valence-corrected chi connectivity index (χ4v) is 1.62. The smallest absolute Gasteiger partial charge is 0.311 e. The van der Waals surface area contributed by atoms with Crippen LogP contribution in [0.15, 0.2) is 36.4 Å². The summed E-state index contributed by atoms with van der Waals surface area (Å²) in [5, 5.41) is 21.4. The SMILES string of the molecule is O=[N+]([O-])c1cc(Cl)nc(Oc2ccccc2[N+](=O)[O-])c1. The van der Waals surface area contributed by atoms with Gasteiger partial charge in [-0.2, -0.15) is 0 Å². The number of nitro benzene ring substituents is 1. The van der Waals surface area contributed by atoms with E-state index < -0.39 is 9.85 Å². The predicted octanol–water partition coefficient (Wildman–Crippen LogP) is 3.34. The molecule has 0 amide bonds. The third kappa shape index (κ3) is 2.98. The zero-order chi connectivity index (χ0) is 14.7. The Morgan fingerprint density at radius 3 is 2.45 bits per heavy atom. The van der Waals surface area contributed by atoms with Crippen molar-refractivity contribution in [1.29, 1.82) is 0 Å². The normalized spacial score (nSPS) is 10.1. The molecule has 0 spiro atoms. The van der Waals surface area contributed by atoms with Crippen LogP contribution >= 0.6 is 11.6 Å². The molecule has 1 aromatic heterocycles. The molecule has 0 radical (unpaired) electrons. The second-order valence-corrected chi connectivity index (χ2v) is 3.96. The van der Waals surface area contributed by atoms with Gasteiger partial charge in [-0.3, -0.25) is 20.2 Å². The van der Waals surface area contributed by atoms with Crippen molar-refractivity contribution in [2.75, 3.05) is 0 Å². The zero-order valence-electron chi connectivity index (χ0n) is 9.72. The van der Waals surface area contributed by atoms with E-state index >= 15 is 0 Å². The highest BCUT2D eigenvalue weighted by Gasteiger charge is 2.17. The van der Waals surface area contributed by atoms with Crippen molar-refractivity contribution in [2.24, 2.45) is 0 Å². The molecule has 9 heteroatoms. The molecule has 0 unspecified atom stereocenters. The molecule has 0 saturated carbocycles. The molecular formula is C11H6ClN3O5.